The second kappa shape index (κ2) is 6.04. The quantitative estimate of drug-likeness (QED) is 0.778. The number of hydrogen-bond acceptors (Lipinski definition) is 6. The number of hydrogen-bond donors (Lipinski definition) is 0. The van der Waals surface area contributed by atoms with E-state index in [1.165, 1.54) is 26.8 Å². The van der Waals surface area contributed by atoms with Gasteiger partial charge in [0.05, 0.1) is 25.7 Å². The molecule has 5 nitrogen and oxygen atoms in total. The monoisotopic (exact) mass is 268 g/mol. The third-order valence-electron chi connectivity index (χ3n) is 2.83. The SMILES string of the molecule is COc1cnc(C(=O)C2CCCCS2)c(OC)n1. The molecule has 0 aliphatic carbocycles. The molecule has 1 aliphatic rings. The Hall–Kier alpha value is -1.30. The highest BCUT2D eigenvalue weighted by Gasteiger charge is 2.27. The first kappa shape index (κ1) is 13.1. The van der Waals surface area contributed by atoms with Gasteiger partial charge in [0.25, 0.3) is 0 Å². The molecule has 0 saturated carbocycles. The highest BCUT2D eigenvalue weighted by atomic mass is 32.2. The van der Waals surface area contributed by atoms with Crippen LogP contribution in [0.5, 0.6) is 11.8 Å². The summed E-state index contributed by atoms with van der Waals surface area (Å²) in [4.78, 5) is 20.5. The largest absolute Gasteiger partial charge is 0.480 e. The standard InChI is InChI=1S/C12H16N2O3S/c1-16-9-7-13-10(12(14-9)17-2)11(15)8-5-3-4-6-18-8/h7-8H,3-6H2,1-2H3. The first-order chi connectivity index (χ1) is 8.76. The molecule has 6 heteroatoms. The minimum Gasteiger partial charge on any atom is -0.480 e. The van der Waals surface area contributed by atoms with E-state index in [1.54, 1.807) is 11.8 Å². The summed E-state index contributed by atoms with van der Waals surface area (Å²) in [5.74, 6) is 1.62. The maximum Gasteiger partial charge on any atom is 0.246 e. The van der Waals surface area contributed by atoms with Crippen molar-refractivity contribution in [1.29, 1.82) is 0 Å². The Bertz CT molecular complexity index is 433. The molecule has 1 aromatic rings. The average Bonchev–Trinajstić information content (AvgIpc) is 2.46. The van der Waals surface area contributed by atoms with Gasteiger partial charge in [0, 0.05) is 0 Å². The summed E-state index contributed by atoms with van der Waals surface area (Å²) in [6, 6.07) is 0. The number of thioether (sulfide) groups is 1. The third kappa shape index (κ3) is 2.75. The molecule has 0 bridgehead atoms. The van der Waals surface area contributed by atoms with Crippen LogP contribution in [0.15, 0.2) is 6.20 Å². The van der Waals surface area contributed by atoms with Crippen LogP contribution in [-0.4, -0.2) is 41.0 Å². The van der Waals surface area contributed by atoms with Crippen molar-refractivity contribution in [2.75, 3.05) is 20.0 Å². The number of rotatable bonds is 4. The minimum atomic E-state index is -0.0182. The molecular weight excluding hydrogens is 252 g/mol. The lowest BCUT2D eigenvalue weighted by molar-refractivity contribution is 0.0975. The molecule has 98 valence electrons. The topological polar surface area (TPSA) is 61.3 Å². The van der Waals surface area contributed by atoms with Crippen molar-refractivity contribution < 1.29 is 14.3 Å². The van der Waals surface area contributed by atoms with E-state index in [4.69, 9.17) is 9.47 Å². The molecule has 1 aromatic heterocycles. The van der Waals surface area contributed by atoms with Crippen LogP contribution in [0, 0.1) is 0 Å². The number of ketones is 1. The Labute approximate surface area is 110 Å². The fourth-order valence-electron chi connectivity index (χ4n) is 1.87. The zero-order chi connectivity index (χ0) is 13.0. The van der Waals surface area contributed by atoms with Gasteiger partial charge in [0.15, 0.2) is 11.5 Å². The van der Waals surface area contributed by atoms with Gasteiger partial charge >= 0.3 is 0 Å². The number of methoxy groups -OCH3 is 2. The van der Waals surface area contributed by atoms with Crippen molar-refractivity contribution in [3.05, 3.63) is 11.9 Å². The van der Waals surface area contributed by atoms with Crippen LogP contribution in [0.1, 0.15) is 29.8 Å². The van der Waals surface area contributed by atoms with E-state index in [1.807, 2.05) is 0 Å². The number of aromatic nitrogens is 2. The highest BCUT2D eigenvalue weighted by Crippen LogP contribution is 2.29. The predicted molar refractivity (Wildman–Crippen MR) is 69.6 cm³/mol. The van der Waals surface area contributed by atoms with Crippen molar-refractivity contribution >= 4 is 17.5 Å². The molecule has 0 spiro atoms. The normalized spacial score (nSPS) is 19.3. The van der Waals surface area contributed by atoms with Gasteiger partial charge in [-0.2, -0.15) is 16.7 Å². The van der Waals surface area contributed by atoms with Gasteiger partial charge in [0.1, 0.15) is 0 Å². The van der Waals surface area contributed by atoms with E-state index >= 15 is 0 Å². The molecule has 2 heterocycles. The van der Waals surface area contributed by atoms with Crippen molar-refractivity contribution in [3.8, 4) is 11.8 Å². The lowest BCUT2D eigenvalue weighted by Gasteiger charge is -2.20. The molecule has 1 fully saturated rings. The van der Waals surface area contributed by atoms with Crippen LogP contribution in [0.3, 0.4) is 0 Å². The predicted octanol–water partition coefficient (Wildman–Crippen LogP) is 1.96. The molecule has 0 aromatic carbocycles. The van der Waals surface area contributed by atoms with Crippen LogP contribution < -0.4 is 9.47 Å². The van der Waals surface area contributed by atoms with Gasteiger partial charge in [-0.1, -0.05) is 6.42 Å². The van der Waals surface area contributed by atoms with E-state index in [0.29, 0.717) is 11.6 Å². The number of carbonyl (C=O) groups excluding carboxylic acids is 1. The Balaban J connectivity index is 2.23. The number of ether oxygens (including phenoxy) is 2. The first-order valence-electron chi connectivity index (χ1n) is 5.87. The molecule has 2 rings (SSSR count). The summed E-state index contributed by atoms with van der Waals surface area (Å²) in [6.45, 7) is 0. The van der Waals surface area contributed by atoms with E-state index in [0.717, 1.165) is 18.6 Å². The Morgan fingerprint density at radius 2 is 2.22 bits per heavy atom. The molecule has 1 atom stereocenters. The van der Waals surface area contributed by atoms with E-state index < -0.39 is 0 Å². The number of Topliss-reactive ketones (excluding diaryl/α,β-unsaturated/α-hetero) is 1. The van der Waals surface area contributed by atoms with Crippen molar-refractivity contribution in [2.24, 2.45) is 0 Å². The van der Waals surface area contributed by atoms with Crippen LogP contribution in [-0.2, 0) is 0 Å². The van der Waals surface area contributed by atoms with Crippen LogP contribution in [0.2, 0.25) is 0 Å². The van der Waals surface area contributed by atoms with Gasteiger partial charge in [-0.15, -0.1) is 0 Å². The lowest BCUT2D eigenvalue weighted by atomic mass is 10.1. The Morgan fingerprint density at radius 3 is 2.83 bits per heavy atom. The van der Waals surface area contributed by atoms with Crippen LogP contribution in [0.25, 0.3) is 0 Å². The van der Waals surface area contributed by atoms with Gasteiger partial charge in [-0.3, -0.25) is 4.79 Å². The smallest absolute Gasteiger partial charge is 0.246 e. The highest BCUT2D eigenvalue weighted by molar-refractivity contribution is 8.00. The molecule has 18 heavy (non-hydrogen) atoms. The zero-order valence-corrected chi connectivity index (χ0v) is 11.3. The summed E-state index contributed by atoms with van der Waals surface area (Å²) in [5.41, 5.74) is 0.303. The summed E-state index contributed by atoms with van der Waals surface area (Å²) in [7, 11) is 2.98. The first-order valence-corrected chi connectivity index (χ1v) is 6.92. The molecule has 1 aliphatic heterocycles. The molecule has 0 amide bonds. The fraction of sp³-hybridized carbons (Fsp3) is 0.583. The van der Waals surface area contributed by atoms with Gasteiger partial charge < -0.3 is 9.47 Å². The van der Waals surface area contributed by atoms with Crippen molar-refractivity contribution in [1.82, 2.24) is 9.97 Å². The fourth-order valence-corrected chi connectivity index (χ4v) is 3.12. The lowest BCUT2D eigenvalue weighted by Crippen LogP contribution is -2.23. The van der Waals surface area contributed by atoms with Gasteiger partial charge in [0.2, 0.25) is 11.8 Å². The van der Waals surface area contributed by atoms with Crippen LogP contribution in [0.4, 0.5) is 0 Å². The molecule has 0 radical (unpaired) electrons. The summed E-state index contributed by atoms with van der Waals surface area (Å²) >= 11 is 1.69. The molecule has 1 unspecified atom stereocenters. The molecule has 0 N–H and O–H groups in total. The average molecular weight is 268 g/mol. The Kier molecular flexibility index (Phi) is 4.41. The van der Waals surface area contributed by atoms with Gasteiger partial charge in [-0.25, -0.2) is 4.98 Å². The van der Waals surface area contributed by atoms with Gasteiger partial charge in [-0.05, 0) is 18.6 Å². The summed E-state index contributed by atoms with van der Waals surface area (Å²) in [5, 5.41) is -0.0182. The maximum atomic E-state index is 12.3. The summed E-state index contributed by atoms with van der Waals surface area (Å²) in [6.07, 6.45) is 4.62. The van der Waals surface area contributed by atoms with Crippen LogP contribution >= 0.6 is 11.8 Å². The van der Waals surface area contributed by atoms with Crippen molar-refractivity contribution in [2.45, 2.75) is 24.5 Å². The molecule has 1 saturated heterocycles. The minimum absolute atomic E-state index is 0.00621. The second-order valence-electron chi connectivity index (χ2n) is 3.99. The second-order valence-corrected chi connectivity index (χ2v) is 5.30. The van der Waals surface area contributed by atoms with Crippen molar-refractivity contribution in [3.63, 3.8) is 0 Å². The third-order valence-corrected chi connectivity index (χ3v) is 4.20. The Morgan fingerprint density at radius 1 is 1.39 bits per heavy atom. The van der Waals surface area contributed by atoms with E-state index in [9.17, 15) is 4.79 Å². The number of carbonyl (C=O) groups is 1. The summed E-state index contributed by atoms with van der Waals surface area (Å²) < 4.78 is 10.1. The number of nitrogens with zero attached hydrogens (tertiary/aromatic N) is 2. The van der Waals surface area contributed by atoms with E-state index in [-0.39, 0.29) is 16.9 Å². The molecular formula is C12H16N2O3S. The maximum absolute atomic E-state index is 12.3. The van der Waals surface area contributed by atoms with E-state index in [2.05, 4.69) is 9.97 Å². The zero-order valence-electron chi connectivity index (χ0n) is 10.5.